The maximum atomic E-state index is 13.9. The van der Waals surface area contributed by atoms with Gasteiger partial charge in [-0.2, -0.15) is 0 Å². The van der Waals surface area contributed by atoms with E-state index in [1.54, 1.807) is 36.4 Å². The Morgan fingerprint density at radius 3 is 2.46 bits per heavy atom. The Morgan fingerprint density at radius 2 is 1.71 bits per heavy atom. The van der Waals surface area contributed by atoms with Gasteiger partial charge in [0.25, 0.3) is 5.91 Å². The molecule has 3 aromatic carbocycles. The van der Waals surface area contributed by atoms with Crippen LogP contribution in [0.1, 0.15) is 25.0 Å². The van der Waals surface area contributed by atoms with Gasteiger partial charge in [0.05, 0.1) is 23.8 Å². The molecular weight excluding hydrogens is 467 g/mol. The molecule has 0 atom stereocenters. The summed E-state index contributed by atoms with van der Waals surface area (Å²) in [6.07, 6.45) is 1.77. The number of nitrogens with zero attached hydrogens (tertiary/aromatic N) is 1. The summed E-state index contributed by atoms with van der Waals surface area (Å²) in [4.78, 5) is 17.5. The van der Waals surface area contributed by atoms with Crippen molar-refractivity contribution in [3.05, 3.63) is 88.6 Å². The topological polar surface area (TPSA) is 69.2 Å². The molecule has 0 spiro atoms. The van der Waals surface area contributed by atoms with Crippen LogP contribution >= 0.6 is 11.8 Å². The molecule has 1 N–H and O–H groups in total. The minimum atomic E-state index is -0.321. The fourth-order valence-corrected chi connectivity index (χ4v) is 4.15. The molecule has 0 bridgehead atoms. The quantitative estimate of drug-likeness (QED) is 0.366. The van der Waals surface area contributed by atoms with Crippen LogP contribution in [-0.4, -0.2) is 24.3 Å². The Bertz CT molecular complexity index is 1260. The maximum Gasteiger partial charge on any atom is 0.264 e. The summed E-state index contributed by atoms with van der Waals surface area (Å²) in [5.74, 6) is 1.24. The number of aliphatic imine (C=N–C) groups is 1. The minimum Gasteiger partial charge on any atom is -0.494 e. The summed E-state index contributed by atoms with van der Waals surface area (Å²) in [5.41, 5.74) is 1.94. The highest BCUT2D eigenvalue weighted by molar-refractivity contribution is 8.18. The van der Waals surface area contributed by atoms with Crippen molar-refractivity contribution in [1.82, 2.24) is 5.32 Å². The third-order valence-corrected chi connectivity index (χ3v) is 5.85. The summed E-state index contributed by atoms with van der Waals surface area (Å²) in [6.45, 7) is 4.91. The van der Waals surface area contributed by atoms with Crippen LogP contribution in [0.2, 0.25) is 0 Å². The molecule has 1 aliphatic rings. The van der Waals surface area contributed by atoms with Crippen LogP contribution in [0.5, 0.6) is 17.2 Å². The molecule has 8 heteroatoms. The normalized spacial score (nSPS) is 15.3. The zero-order valence-electron chi connectivity index (χ0n) is 19.4. The Morgan fingerprint density at radius 1 is 0.943 bits per heavy atom. The molecule has 4 rings (SSSR count). The smallest absolute Gasteiger partial charge is 0.264 e. The van der Waals surface area contributed by atoms with Gasteiger partial charge in [0.15, 0.2) is 16.7 Å². The predicted molar refractivity (Wildman–Crippen MR) is 137 cm³/mol. The Kier molecular flexibility index (Phi) is 8.05. The molecule has 0 aromatic heterocycles. The van der Waals surface area contributed by atoms with E-state index in [0.717, 1.165) is 11.3 Å². The van der Waals surface area contributed by atoms with Crippen molar-refractivity contribution in [3.8, 4) is 17.2 Å². The summed E-state index contributed by atoms with van der Waals surface area (Å²) in [5, 5.41) is 3.29. The van der Waals surface area contributed by atoms with Gasteiger partial charge in [0.1, 0.15) is 18.2 Å². The second-order valence-corrected chi connectivity index (χ2v) is 8.46. The lowest BCUT2D eigenvalue weighted by Gasteiger charge is -2.13. The highest BCUT2D eigenvalue weighted by atomic mass is 32.2. The first-order valence-corrected chi connectivity index (χ1v) is 12.0. The number of amides is 1. The standard InChI is InChI=1S/C27H25FN2O4S/c1-3-32-21-12-10-20(11-13-21)29-27-30-26(31)25(35-27)16-18-9-14-23(24(15-18)33-4-2)34-17-19-7-5-6-8-22(19)28/h5-16H,3-4,17H2,1-2H3,(H,29,30,31)/b25-16+. The van der Waals surface area contributed by atoms with E-state index in [4.69, 9.17) is 14.2 Å². The number of thioether (sulfide) groups is 1. The molecule has 6 nitrogen and oxygen atoms in total. The first-order chi connectivity index (χ1) is 17.1. The first-order valence-electron chi connectivity index (χ1n) is 11.2. The van der Waals surface area contributed by atoms with Crippen LogP contribution in [0.3, 0.4) is 0 Å². The molecule has 1 amide bonds. The molecule has 0 aliphatic carbocycles. The van der Waals surface area contributed by atoms with E-state index in [1.807, 2.05) is 44.2 Å². The monoisotopic (exact) mass is 492 g/mol. The van der Waals surface area contributed by atoms with Crippen LogP contribution in [0.15, 0.2) is 76.6 Å². The summed E-state index contributed by atoms with van der Waals surface area (Å²) in [6, 6.07) is 19.2. The minimum absolute atomic E-state index is 0.0802. The third-order valence-electron chi connectivity index (χ3n) is 4.94. The van der Waals surface area contributed by atoms with Crippen molar-refractivity contribution in [2.24, 2.45) is 4.99 Å². The van der Waals surface area contributed by atoms with Gasteiger partial charge in [-0.05, 0) is 79.7 Å². The van der Waals surface area contributed by atoms with Gasteiger partial charge in [-0.25, -0.2) is 9.38 Å². The number of benzene rings is 3. The van der Waals surface area contributed by atoms with Crippen LogP contribution in [0.4, 0.5) is 10.1 Å². The van der Waals surface area contributed by atoms with Gasteiger partial charge in [-0.1, -0.05) is 24.3 Å². The number of hydrogen-bond donors (Lipinski definition) is 1. The average molecular weight is 493 g/mol. The van der Waals surface area contributed by atoms with Crippen molar-refractivity contribution in [1.29, 1.82) is 0 Å². The van der Waals surface area contributed by atoms with Gasteiger partial charge in [0, 0.05) is 5.56 Å². The van der Waals surface area contributed by atoms with Crippen molar-refractivity contribution in [3.63, 3.8) is 0 Å². The molecule has 0 saturated carbocycles. The Balaban J connectivity index is 1.48. The van der Waals surface area contributed by atoms with Crippen molar-refractivity contribution < 1.29 is 23.4 Å². The molecule has 0 unspecified atom stereocenters. The fraction of sp³-hybridized carbons (Fsp3) is 0.185. The number of carbonyl (C=O) groups is 1. The number of amidine groups is 1. The predicted octanol–water partition coefficient (Wildman–Crippen LogP) is 6.09. The van der Waals surface area contributed by atoms with Gasteiger partial charge < -0.3 is 19.5 Å². The van der Waals surface area contributed by atoms with Gasteiger partial charge >= 0.3 is 0 Å². The van der Waals surface area contributed by atoms with Gasteiger partial charge in [-0.15, -0.1) is 0 Å². The lowest BCUT2D eigenvalue weighted by atomic mass is 10.1. The molecule has 1 aliphatic heterocycles. The molecule has 1 fully saturated rings. The van der Waals surface area contributed by atoms with Crippen LogP contribution in [0.25, 0.3) is 6.08 Å². The molecule has 180 valence electrons. The van der Waals surface area contributed by atoms with Crippen LogP contribution < -0.4 is 19.5 Å². The van der Waals surface area contributed by atoms with E-state index >= 15 is 0 Å². The summed E-state index contributed by atoms with van der Waals surface area (Å²) >= 11 is 1.26. The highest BCUT2D eigenvalue weighted by Crippen LogP contribution is 2.33. The zero-order chi connectivity index (χ0) is 24.6. The van der Waals surface area contributed by atoms with E-state index in [1.165, 1.54) is 17.8 Å². The lowest BCUT2D eigenvalue weighted by molar-refractivity contribution is -0.115. The Hall–Kier alpha value is -3.78. The van der Waals surface area contributed by atoms with Gasteiger partial charge in [0.2, 0.25) is 0 Å². The SMILES string of the molecule is CCOc1ccc(N=C2NC(=O)/C(=C\c3ccc(OCc4ccccc4F)c(OCC)c3)S2)cc1. The summed E-state index contributed by atoms with van der Waals surface area (Å²) < 4.78 is 30.9. The molecule has 35 heavy (non-hydrogen) atoms. The number of rotatable bonds is 9. The molecule has 1 heterocycles. The van der Waals surface area contributed by atoms with E-state index < -0.39 is 0 Å². The number of hydrogen-bond acceptors (Lipinski definition) is 6. The first kappa shape index (κ1) is 24.3. The largest absolute Gasteiger partial charge is 0.494 e. The number of carbonyl (C=O) groups excluding carboxylic acids is 1. The summed E-state index contributed by atoms with van der Waals surface area (Å²) in [7, 11) is 0. The zero-order valence-corrected chi connectivity index (χ0v) is 20.2. The van der Waals surface area contributed by atoms with E-state index in [9.17, 15) is 9.18 Å². The molecule has 3 aromatic rings. The number of halogens is 1. The van der Waals surface area contributed by atoms with Gasteiger partial charge in [-0.3, -0.25) is 4.79 Å². The third kappa shape index (κ3) is 6.42. The molecule has 1 saturated heterocycles. The van der Waals surface area contributed by atoms with Crippen molar-refractivity contribution in [2.45, 2.75) is 20.5 Å². The average Bonchev–Trinajstić information content (AvgIpc) is 3.19. The number of nitrogens with one attached hydrogen (secondary N) is 1. The van der Waals surface area contributed by atoms with Crippen molar-refractivity contribution in [2.75, 3.05) is 13.2 Å². The molecule has 0 radical (unpaired) electrons. The highest BCUT2D eigenvalue weighted by Gasteiger charge is 2.24. The Labute approximate surface area is 207 Å². The fourth-order valence-electron chi connectivity index (χ4n) is 3.31. The van der Waals surface area contributed by atoms with E-state index in [0.29, 0.717) is 46.0 Å². The van der Waals surface area contributed by atoms with E-state index in [2.05, 4.69) is 10.3 Å². The van der Waals surface area contributed by atoms with Crippen LogP contribution in [0, 0.1) is 5.82 Å². The molecular formula is C27H25FN2O4S. The second-order valence-electron chi connectivity index (χ2n) is 7.43. The lowest BCUT2D eigenvalue weighted by Crippen LogP contribution is -2.19. The second kappa shape index (κ2) is 11.6. The van der Waals surface area contributed by atoms with Crippen molar-refractivity contribution >= 4 is 34.6 Å². The number of ether oxygens (including phenoxy) is 3. The van der Waals surface area contributed by atoms with E-state index in [-0.39, 0.29) is 18.3 Å². The maximum absolute atomic E-state index is 13.9. The van der Waals surface area contributed by atoms with Crippen LogP contribution in [-0.2, 0) is 11.4 Å².